The van der Waals surface area contributed by atoms with Crippen LogP contribution >= 0.6 is 0 Å². The van der Waals surface area contributed by atoms with Gasteiger partial charge in [0.2, 0.25) is 11.8 Å². The second kappa shape index (κ2) is 10.1. The van der Waals surface area contributed by atoms with E-state index in [-0.39, 0.29) is 5.91 Å². The van der Waals surface area contributed by atoms with Crippen molar-refractivity contribution in [3.05, 3.63) is 88.6 Å². The summed E-state index contributed by atoms with van der Waals surface area (Å²) in [5, 5.41) is 11.3. The Morgan fingerprint density at radius 1 is 1.12 bits per heavy atom. The van der Waals surface area contributed by atoms with E-state index in [0.29, 0.717) is 42.9 Å². The Labute approximate surface area is 197 Å². The highest BCUT2D eigenvalue weighted by molar-refractivity contribution is 6.00. The third kappa shape index (κ3) is 5.37. The van der Waals surface area contributed by atoms with Crippen LogP contribution in [0.3, 0.4) is 0 Å². The fourth-order valence-electron chi connectivity index (χ4n) is 3.55. The first-order valence-electron chi connectivity index (χ1n) is 11.0. The van der Waals surface area contributed by atoms with Gasteiger partial charge in [0.15, 0.2) is 0 Å². The summed E-state index contributed by atoms with van der Waals surface area (Å²) in [6.45, 7) is 4.63. The molecule has 2 amide bonds. The van der Waals surface area contributed by atoms with E-state index in [4.69, 9.17) is 10.2 Å². The van der Waals surface area contributed by atoms with Gasteiger partial charge < -0.3 is 15.5 Å². The number of nitrogens with zero attached hydrogens (tertiary/aromatic N) is 4. The molecule has 9 heteroatoms. The Bertz CT molecular complexity index is 1310. The van der Waals surface area contributed by atoms with Crippen LogP contribution in [0.25, 0.3) is 11.5 Å². The van der Waals surface area contributed by atoms with E-state index < -0.39 is 5.91 Å². The second-order valence-corrected chi connectivity index (χ2v) is 8.05. The monoisotopic (exact) mass is 458 g/mol. The summed E-state index contributed by atoms with van der Waals surface area (Å²) in [5.74, 6) is 0.532. The number of rotatable bonds is 9. The Hall–Kier alpha value is -4.27. The van der Waals surface area contributed by atoms with Crippen molar-refractivity contribution in [2.75, 3.05) is 6.54 Å². The van der Waals surface area contributed by atoms with Gasteiger partial charge in [-0.3, -0.25) is 9.59 Å². The third-order valence-electron chi connectivity index (χ3n) is 5.47. The van der Waals surface area contributed by atoms with Crippen molar-refractivity contribution in [2.24, 2.45) is 5.73 Å². The summed E-state index contributed by atoms with van der Waals surface area (Å²) in [6, 6.07) is 14.6. The molecule has 0 radical (unpaired) electrons. The molecule has 0 unspecified atom stereocenters. The predicted octanol–water partition coefficient (Wildman–Crippen LogP) is 3.06. The molecule has 0 aliphatic carbocycles. The quantitative estimate of drug-likeness (QED) is 0.371. The highest BCUT2D eigenvalue weighted by Crippen LogP contribution is 2.21. The van der Waals surface area contributed by atoms with Crippen molar-refractivity contribution in [2.45, 2.75) is 33.2 Å². The SMILES string of the molecule is Cc1ccc(C(N)=O)cc1C(=O)NCCCc1cn(Cc2nc(-c3ccccc3)oc2C)nn1. The Morgan fingerprint density at radius 3 is 2.68 bits per heavy atom. The zero-order valence-electron chi connectivity index (χ0n) is 19.1. The highest BCUT2D eigenvalue weighted by atomic mass is 16.4. The van der Waals surface area contributed by atoms with Crippen LogP contribution in [0, 0.1) is 13.8 Å². The Balaban J connectivity index is 1.29. The normalized spacial score (nSPS) is 10.9. The van der Waals surface area contributed by atoms with E-state index >= 15 is 0 Å². The van der Waals surface area contributed by atoms with E-state index in [1.807, 2.05) is 50.4 Å². The number of oxazole rings is 1. The minimum Gasteiger partial charge on any atom is -0.441 e. The minimum atomic E-state index is -0.561. The molecule has 174 valence electrons. The van der Waals surface area contributed by atoms with Crippen LogP contribution in [0.15, 0.2) is 59.1 Å². The van der Waals surface area contributed by atoms with Crippen LogP contribution in [0.1, 0.15) is 49.8 Å². The van der Waals surface area contributed by atoms with Gasteiger partial charge in [-0.15, -0.1) is 5.10 Å². The minimum absolute atomic E-state index is 0.236. The van der Waals surface area contributed by atoms with Crippen molar-refractivity contribution in [3.63, 3.8) is 0 Å². The maximum atomic E-state index is 12.5. The average molecular weight is 459 g/mol. The number of aryl methyl sites for hydroxylation is 3. The maximum absolute atomic E-state index is 12.5. The first-order valence-corrected chi connectivity index (χ1v) is 11.0. The van der Waals surface area contributed by atoms with Crippen LogP contribution in [0.2, 0.25) is 0 Å². The summed E-state index contributed by atoms with van der Waals surface area (Å²) < 4.78 is 7.54. The number of nitrogens with two attached hydrogens (primary N) is 1. The molecule has 9 nitrogen and oxygen atoms in total. The lowest BCUT2D eigenvalue weighted by molar-refractivity contribution is 0.0952. The van der Waals surface area contributed by atoms with Gasteiger partial charge in [-0.25, -0.2) is 9.67 Å². The lowest BCUT2D eigenvalue weighted by Gasteiger charge is -2.08. The van der Waals surface area contributed by atoms with Gasteiger partial charge in [0.25, 0.3) is 5.91 Å². The first-order chi connectivity index (χ1) is 16.4. The number of carbonyl (C=O) groups excluding carboxylic acids is 2. The topological polar surface area (TPSA) is 129 Å². The molecule has 2 aromatic carbocycles. The van der Waals surface area contributed by atoms with Gasteiger partial charge in [0.05, 0.1) is 12.2 Å². The lowest BCUT2D eigenvalue weighted by atomic mass is 10.0. The third-order valence-corrected chi connectivity index (χ3v) is 5.47. The molecular weight excluding hydrogens is 432 g/mol. The number of aromatic nitrogens is 4. The molecule has 0 bridgehead atoms. The van der Waals surface area contributed by atoms with Crippen LogP contribution in [-0.2, 0) is 13.0 Å². The predicted molar refractivity (Wildman–Crippen MR) is 126 cm³/mol. The molecule has 0 aliphatic rings. The Morgan fingerprint density at radius 2 is 1.91 bits per heavy atom. The molecule has 34 heavy (non-hydrogen) atoms. The fraction of sp³-hybridized carbons (Fsp3) is 0.240. The van der Waals surface area contributed by atoms with Gasteiger partial charge in [0.1, 0.15) is 11.5 Å². The molecule has 0 fully saturated rings. The summed E-state index contributed by atoms with van der Waals surface area (Å²) in [7, 11) is 0. The van der Waals surface area contributed by atoms with E-state index in [1.54, 1.807) is 16.8 Å². The number of benzene rings is 2. The highest BCUT2D eigenvalue weighted by Gasteiger charge is 2.14. The number of carbonyl (C=O) groups is 2. The zero-order chi connectivity index (χ0) is 24.1. The van der Waals surface area contributed by atoms with Crippen molar-refractivity contribution < 1.29 is 14.0 Å². The summed E-state index contributed by atoms with van der Waals surface area (Å²) in [6.07, 6.45) is 3.23. The molecule has 0 saturated heterocycles. The molecule has 4 aromatic rings. The van der Waals surface area contributed by atoms with Crippen molar-refractivity contribution in [1.29, 1.82) is 0 Å². The fourth-order valence-corrected chi connectivity index (χ4v) is 3.55. The molecule has 0 saturated carbocycles. The van der Waals surface area contributed by atoms with Crippen molar-refractivity contribution in [3.8, 4) is 11.5 Å². The van der Waals surface area contributed by atoms with E-state index in [1.165, 1.54) is 6.07 Å². The molecule has 0 aliphatic heterocycles. The van der Waals surface area contributed by atoms with Gasteiger partial charge in [-0.1, -0.05) is 29.5 Å². The summed E-state index contributed by atoms with van der Waals surface area (Å²) >= 11 is 0. The number of hydrogen-bond acceptors (Lipinski definition) is 6. The van der Waals surface area contributed by atoms with Crippen molar-refractivity contribution >= 4 is 11.8 Å². The van der Waals surface area contributed by atoms with E-state index in [9.17, 15) is 9.59 Å². The molecule has 3 N–H and O–H groups in total. The van der Waals surface area contributed by atoms with Gasteiger partial charge in [0, 0.05) is 29.4 Å². The van der Waals surface area contributed by atoms with Crippen LogP contribution in [0.5, 0.6) is 0 Å². The standard InChI is InChI=1S/C25H26N6O3/c1-16-10-11-19(23(26)32)13-21(16)24(33)27-12-6-9-20-14-31(30-29-20)15-22-17(2)34-25(28-22)18-7-4-3-5-8-18/h3-5,7-8,10-11,13-14H,6,9,12,15H2,1-2H3,(H2,26,32)(H,27,33). The largest absolute Gasteiger partial charge is 0.441 e. The zero-order valence-corrected chi connectivity index (χ0v) is 19.1. The molecule has 0 spiro atoms. The summed E-state index contributed by atoms with van der Waals surface area (Å²) in [5.41, 5.74) is 9.40. The smallest absolute Gasteiger partial charge is 0.251 e. The second-order valence-electron chi connectivity index (χ2n) is 8.05. The van der Waals surface area contributed by atoms with Crippen LogP contribution in [-0.4, -0.2) is 38.3 Å². The number of nitrogens with one attached hydrogen (secondary N) is 1. The average Bonchev–Trinajstić information content (AvgIpc) is 3.43. The van der Waals surface area contributed by atoms with Gasteiger partial charge in [-0.2, -0.15) is 0 Å². The first kappa shape index (κ1) is 22.9. The number of amides is 2. The summed E-state index contributed by atoms with van der Waals surface area (Å²) in [4.78, 5) is 28.5. The molecule has 2 aromatic heterocycles. The van der Waals surface area contributed by atoms with Crippen molar-refractivity contribution in [1.82, 2.24) is 25.3 Å². The van der Waals surface area contributed by atoms with Gasteiger partial charge in [-0.05, 0) is 56.5 Å². The van der Waals surface area contributed by atoms with Crippen LogP contribution < -0.4 is 11.1 Å². The molecular formula is C25H26N6O3. The molecule has 4 rings (SSSR count). The van der Waals surface area contributed by atoms with E-state index in [0.717, 1.165) is 28.3 Å². The Kier molecular flexibility index (Phi) is 6.82. The van der Waals surface area contributed by atoms with E-state index in [2.05, 4.69) is 20.6 Å². The maximum Gasteiger partial charge on any atom is 0.251 e. The molecule has 0 atom stereocenters. The van der Waals surface area contributed by atoms with Gasteiger partial charge >= 0.3 is 0 Å². The number of hydrogen-bond donors (Lipinski definition) is 2. The van der Waals surface area contributed by atoms with Crippen LogP contribution in [0.4, 0.5) is 0 Å². The molecule has 2 heterocycles. The number of primary amides is 1. The lowest BCUT2D eigenvalue weighted by Crippen LogP contribution is -2.26.